The summed E-state index contributed by atoms with van der Waals surface area (Å²) in [5.74, 6) is 0. The summed E-state index contributed by atoms with van der Waals surface area (Å²) < 4.78 is 59.6. The molecule has 0 N–H and O–H groups in total. The Labute approximate surface area is 187 Å². The van der Waals surface area contributed by atoms with Gasteiger partial charge < -0.3 is 0 Å². The van der Waals surface area contributed by atoms with Gasteiger partial charge in [0.15, 0.2) is 0 Å². The first kappa shape index (κ1) is 24.4. The van der Waals surface area contributed by atoms with E-state index in [-0.39, 0.29) is 1.43 Å². The summed E-state index contributed by atoms with van der Waals surface area (Å²) in [4.78, 5) is 0. The fourth-order valence-electron chi connectivity index (χ4n) is 3.50. The quantitative estimate of drug-likeness (QED) is 0.147. The van der Waals surface area contributed by atoms with Gasteiger partial charge in [-0.25, -0.2) is 0 Å². The summed E-state index contributed by atoms with van der Waals surface area (Å²) in [5, 5.41) is 5.55. The van der Waals surface area contributed by atoms with Crippen molar-refractivity contribution in [1.29, 1.82) is 0 Å². The molecule has 0 saturated carbocycles. The average Bonchev–Trinajstić information content (AvgIpc) is 2.75. The Hall–Kier alpha value is -2.29. The van der Waals surface area contributed by atoms with Crippen LogP contribution in [0.2, 0.25) is 0 Å². The molecule has 0 aliphatic rings. The van der Waals surface area contributed by atoms with Gasteiger partial charge in [-0.05, 0) is 48.5 Å². The predicted octanol–water partition coefficient (Wildman–Crippen LogP) is 6.56. The Morgan fingerprint density at radius 1 is 0.375 bits per heavy atom. The number of rotatable bonds is 4. The van der Waals surface area contributed by atoms with E-state index in [9.17, 15) is 16.9 Å². The second-order valence-electron chi connectivity index (χ2n) is 6.97. The zero-order chi connectivity index (χ0) is 23.4. The van der Waals surface area contributed by atoms with Crippen molar-refractivity contribution in [3.8, 4) is 0 Å². The van der Waals surface area contributed by atoms with Gasteiger partial charge in [0, 0.05) is 0 Å². The molecule has 0 bridgehead atoms. The Balaban J connectivity index is 0.000000423. The van der Waals surface area contributed by atoms with E-state index in [0.717, 1.165) is 0 Å². The van der Waals surface area contributed by atoms with E-state index in [1.54, 1.807) is 0 Å². The topological polar surface area (TPSA) is 0 Å². The molecule has 0 spiro atoms. The summed E-state index contributed by atoms with van der Waals surface area (Å²) in [6.07, 6.45) is 0. The number of hydrogen-bond donors (Lipinski definition) is 0. The molecule has 0 saturated heterocycles. The Morgan fingerprint density at radius 2 is 0.531 bits per heavy atom. The molecule has 0 amide bonds. The molecule has 4 rings (SSSR count). The van der Waals surface area contributed by atoms with Crippen LogP contribution in [-0.4, -0.2) is 19.5 Å². The molecule has 0 aromatic heterocycles. The monoisotopic (exact) mass is 575 g/mol. The molecular weight excluding hydrogens is 555 g/mol. The molecule has 0 heterocycles. The van der Waals surface area contributed by atoms with Crippen LogP contribution in [-0.2, 0) is 0 Å². The third kappa shape index (κ3) is 6.85. The standard InChI is InChI=1S/C24H20P.6FH.Sb/c1-5-13-21(14-6-1)25(22-15-7-2-8-16-22,23-17-9-3-10-18-23)24-19-11-4-12-20-24;;;;;;;/h1-20H;6*1H;/q+1;;;;;;;+5/p-5. The van der Waals surface area contributed by atoms with Crippen molar-refractivity contribution >= 4 is 48.0 Å². The maximum absolute atomic E-state index is 11.2. The molecule has 0 fully saturated rings. The van der Waals surface area contributed by atoms with Gasteiger partial charge in [-0.1, -0.05) is 72.8 Å². The summed E-state index contributed by atoms with van der Waals surface area (Å²) in [6.45, 7) is 0. The van der Waals surface area contributed by atoms with Gasteiger partial charge in [0.1, 0.15) is 28.5 Å². The minimum Gasteiger partial charge on any atom is -0.0620 e. The minimum absolute atomic E-state index is 0. The minimum atomic E-state index is -11.2. The first-order valence-corrected chi connectivity index (χ1v) is 17.1. The second-order valence-corrected chi connectivity index (χ2v) is 15.8. The molecule has 0 aliphatic carbocycles. The van der Waals surface area contributed by atoms with Crippen molar-refractivity contribution in [2.24, 2.45) is 0 Å². The molecule has 4 aromatic carbocycles. The molecule has 32 heavy (non-hydrogen) atoms. The van der Waals surface area contributed by atoms with Gasteiger partial charge in [0.25, 0.3) is 0 Å². The van der Waals surface area contributed by atoms with Gasteiger partial charge in [-0.15, -0.1) is 0 Å². The van der Waals surface area contributed by atoms with E-state index in [1.807, 2.05) is 0 Å². The van der Waals surface area contributed by atoms with E-state index < -0.39 is 26.7 Å². The van der Waals surface area contributed by atoms with E-state index >= 15 is 0 Å². The third-order valence-electron chi connectivity index (χ3n) is 4.57. The molecule has 168 valence electrons. The van der Waals surface area contributed by atoms with Gasteiger partial charge in [0.05, 0.1) is 0 Å². The molecule has 8 heteroatoms. The number of benzene rings is 4. The fraction of sp³-hybridized carbons (Fsp3) is 0. The normalized spacial score (nSPS) is 13.8. The summed E-state index contributed by atoms with van der Waals surface area (Å²) in [5.41, 5.74) is 0. The Bertz CT molecular complexity index is 967. The summed E-state index contributed by atoms with van der Waals surface area (Å²) in [7, 11) is -1.91. The van der Waals surface area contributed by atoms with Crippen molar-refractivity contribution in [3.63, 3.8) is 0 Å². The van der Waals surface area contributed by atoms with E-state index in [4.69, 9.17) is 0 Å². The Morgan fingerprint density at radius 3 is 0.688 bits per heavy atom. The zero-order valence-corrected chi connectivity index (χ0v) is 20.2. The van der Waals surface area contributed by atoms with Crippen molar-refractivity contribution in [2.45, 2.75) is 0 Å². The SMILES string of the molecule is [F][Sb-]([F])([F])([F])([F])[F].[H+].c1ccc([P+](c2ccccc2)(c2ccccc2)c2ccccc2)cc1. The van der Waals surface area contributed by atoms with Crippen LogP contribution in [0.15, 0.2) is 121 Å². The zero-order valence-electron chi connectivity index (χ0n) is 17.7. The van der Waals surface area contributed by atoms with Gasteiger partial charge in [-0.2, -0.15) is 0 Å². The summed E-state index contributed by atoms with van der Waals surface area (Å²) in [6, 6.07) is 43.8. The molecule has 0 nitrogen and oxygen atoms in total. The van der Waals surface area contributed by atoms with Crippen LogP contribution >= 0.6 is 7.26 Å². The van der Waals surface area contributed by atoms with Crippen molar-refractivity contribution in [1.82, 2.24) is 0 Å². The Kier molecular flexibility index (Phi) is 6.52. The van der Waals surface area contributed by atoms with Crippen molar-refractivity contribution in [2.75, 3.05) is 0 Å². The largest absolute Gasteiger partial charge is 1.00 e. The van der Waals surface area contributed by atoms with Crippen molar-refractivity contribution in [3.05, 3.63) is 121 Å². The maximum atomic E-state index is 9.93. The van der Waals surface area contributed by atoms with Crippen LogP contribution in [0.4, 0.5) is 16.9 Å². The molecule has 4 aromatic rings. The number of halogens is 6. The van der Waals surface area contributed by atoms with Gasteiger partial charge >= 0.3 is 37.8 Å². The van der Waals surface area contributed by atoms with E-state index in [2.05, 4.69) is 121 Å². The van der Waals surface area contributed by atoms with Crippen LogP contribution < -0.4 is 21.2 Å². The third-order valence-corrected chi connectivity index (χ3v) is 8.86. The molecule has 0 unspecified atom stereocenters. The van der Waals surface area contributed by atoms with Gasteiger partial charge in [0.2, 0.25) is 0 Å². The average molecular weight is 576 g/mol. The van der Waals surface area contributed by atoms with Crippen LogP contribution in [0, 0.1) is 0 Å². The van der Waals surface area contributed by atoms with Crippen LogP contribution in [0.1, 0.15) is 1.43 Å². The van der Waals surface area contributed by atoms with Crippen LogP contribution in [0.3, 0.4) is 0 Å². The van der Waals surface area contributed by atoms with Crippen LogP contribution in [0.5, 0.6) is 0 Å². The fourth-order valence-corrected chi connectivity index (χ4v) is 7.77. The molecule has 0 aliphatic heterocycles. The maximum Gasteiger partial charge on any atom is 1.00 e. The molecule has 0 atom stereocenters. The van der Waals surface area contributed by atoms with Gasteiger partial charge in [-0.3, -0.25) is 0 Å². The molecule has 0 radical (unpaired) electrons. The summed E-state index contributed by atoms with van der Waals surface area (Å²) >= 11 is -11.2. The smallest absolute Gasteiger partial charge is 0.0620 e. The predicted molar refractivity (Wildman–Crippen MR) is 125 cm³/mol. The first-order chi connectivity index (χ1) is 14.9. The number of hydrogen-bond acceptors (Lipinski definition) is 0. The van der Waals surface area contributed by atoms with Crippen LogP contribution in [0.25, 0.3) is 0 Å². The first-order valence-electron chi connectivity index (χ1n) is 9.55. The molecular formula is C24H21F6PSb+. The van der Waals surface area contributed by atoms with Crippen molar-refractivity contribution < 1.29 is 18.3 Å². The van der Waals surface area contributed by atoms with E-state index in [1.165, 1.54) is 21.2 Å². The second kappa shape index (κ2) is 8.57. The van der Waals surface area contributed by atoms with E-state index in [0.29, 0.717) is 0 Å².